The number of nitrogens with one attached hydrogen (secondary N) is 1. The number of aryl methyl sites for hydroxylation is 1. The summed E-state index contributed by atoms with van der Waals surface area (Å²) in [7, 11) is 0. The molecule has 0 bridgehead atoms. The summed E-state index contributed by atoms with van der Waals surface area (Å²) < 4.78 is 1.84. The van der Waals surface area contributed by atoms with Crippen molar-refractivity contribution in [1.82, 2.24) is 9.88 Å². The molecule has 0 aliphatic carbocycles. The number of rotatable bonds is 6. The molecule has 0 fully saturated rings. The molecule has 0 saturated carbocycles. The van der Waals surface area contributed by atoms with Crippen molar-refractivity contribution in [2.24, 2.45) is 0 Å². The van der Waals surface area contributed by atoms with Gasteiger partial charge in [-0.05, 0) is 13.0 Å². The number of para-hydroxylation sites is 1. The second-order valence-corrected chi connectivity index (χ2v) is 4.73. The van der Waals surface area contributed by atoms with Crippen LogP contribution in [0.5, 0.6) is 0 Å². The topological polar surface area (TPSA) is 88.4 Å². The molecule has 2 N–H and O–H groups in total. The maximum atomic E-state index is 11.6. The number of hydrogen-bond donors (Lipinski definition) is 2. The lowest BCUT2D eigenvalue weighted by Gasteiger charge is -2.05. The van der Waals surface area contributed by atoms with Gasteiger partial charge in [0.15, 0.2) is 5.78 Å². The summed E-state index contributed by atoms with van der Waals surface area (Å²) in [6.45, 7) is 1.51. The van der Waals surface area contributed by atoms with Crippen molar-refractivity contribution in [1.29, 1.82) is 0 Å². The van der Waals surface area contributed by atoms with E-state index in [0.717, 1.165) is 10.9 Å². The summed E-state index contributed by atoms with van der Waals surface area (Å²) >= 11 is 0. The molecule has 0 aliphatic heterocycles. The molecule has 6 heteroatoms. The van der Waals surface area contributed by atoms with E-state index >= 15 is 0 Å². The number of carbonyl (C=O) groups excluding carboxylic acids is 2. The third-order valence-corrected chi connectivity index (χ3v) is 3.18. The van der Waals surface area contributed by atoms with E-state index in [1.54, 1.807) is 6.20 Å². The minimum Gasteiger partial charge on any atom is -0.480 e. The van der Waals surface area contributed by atoms with Gasteiger partial charge in [-0.25, -0.2) is 0 Å². The minimum atomic E-state index is -1.08. The fourth-order valence-corrected chi connectivity index (χ4v) is 2.20. The number of aliphatic carboxylic acids is 1. The Morgan fingerprint density at radius 2 is 1.95 bits per heavy atom. The van der Waals surface area contributed by atoms with Gasteiger partial charge in [0.2, 0.25) is 5.91 Å². The van der Waals surface area contributed by atoms with Gasteiger partial charge in [0.1, 0.15) is 6.54 Å². The van der Waals surface area contributed by atoms with Crippen LogP contribution in [-0.4, -0.2) is 33.9 Å². The molecule has 1 amide bonds. The molecule has 1 heterocycles. The van der Waals surface area contributed by atoms with Gasteiger partial charge in [0.05, 0.1) is 0 Å². The van der Waals surface area contributed by atoms with Gasteiger partial charge in [0, 0.05) is 35.6 Å². The summed E-state index contributed by atoms with van der Waals surface area (Å²) in [5, 5.41) is 11.7. The number of carbonyl (C=O) groups is 3. The summed E-state index contributed by atoms with van der Waals surface area (Å²) in [5.74, 6) is -1.44. The van der Waals surface area contributed by atoms with E-state index in [2.05, 4.69) is 5.32 Å². The predicted molar refractivity (Wildman–Crippen MR) is 77.2 cm³/mol. The second kappa shape index (κ2) is 6.21. The van der Waals surface area contributed by atoms with Gasteiger partial charge in [-0.15, -0.1) is 0 Å². The largest absolute Gasteiger partial charge is 0.480 e. The molecule has 1 aromatic heterocycles. The molecule has 2 aromatic rings. The van der Waals surface area contributed by atoms with Crippen molar-refractivity contribution < 1.29 is 19.5 Å². The van der Waals surface area contributed by atoms with E-state index < -0.39 is 5.97 Å². The first-order valence-corrected chi connectivity index (χ1v) is 6.56. The Kier molecular flexibility index (Phi) is 4.37. The molecule has 0 unspecified atom stereocenters. The smallest absolute Gasteiger partial charge is 0.322 e. The number of carboxylic acid groups (broad SMARTS) is 1. The summed E-state index contributed by atoms with van der Waals surface area (Å²) in [6, 6.07) is 7.48. The number of ketones is 1. The van der Waals surface area contributed by atoms with Crippen LogP contribution < -0.4 is 5.32 Å². The maximum Gasteiger partial charge on any atom is 0.322 e. The molecule has 0 aliphatic rings. The van der Waals surface area contributed by atoms with E-state index in [9.17, 15) is 14.4 Å². The number of amides is 1. The van der Waals surface area contributed by atoms with Gasteiger partial charge >= 0.3 is 5.97 Å². The van der Waals surface area contributed by atoms with Gasteiger partial charge in [0.25, 0.3) is 0 Å². The summed E-state index contributed by atoms with van der Waals surface area (Å²) in [6.07, 6.45) is 1.89. The molecule has 21 heavy (non-hydrogen) atoms. The van der Waals surface area contributed by atoms with Gasteiger partial charge in [-0.2, -0.15) is 0 Å². The van der Waals surface area contributed by atoms with Crippen molar-refractivity contribution in [3.8, 4) is 0 Å². The quantitative estimate of drug-likeness (QED) is 0.787. The zero-order valence-electron chi connectivity index (χ0n) is 11.6. The SMILES string of the molecule is CC(=O)c1cn(CCC(=O)NCC(=O)O)c2ccccc12. The third-order valence-electron chi connectivity index (χ3n) is 3.18. The molecular formula is C15H16N2O4. The van der Waals surface area contributed by atoms with Gasteiger partial charge < -0.3 is 15.0 Å². The van der Waals surface area contributed by atoms with E-state index in [-0.39, 0.29) is 24.7 Å². The number of hydrogen-bond acceptors (Lipinski definition) is 3. The monoisotopic (exact) mass is 288 g/mol. The fraction of sp³-hybridized carbons (Fsp3) is 0.267. The van der Waals surface area contributed by atoms with E-state index in [1.807, 2.05) is 28.8 Å². The average molecular weight is 288 g/mol. The van der Waals surface area contributed by atoms with Gasteiger partial charge in [-0.3, -0.25) is 14.4 Å². The Morgan fingerprint density at radius 3 is 2.62 bits per heavy atom. The lowest BCUT2D eigenvalue weighted by molar-refractivity contribution is -0.137. The first-order valence-electron chi connectivity index (χ1n) is 6.56. The van der Waals surface area contributed by atoms with Crippen LogP contribution in [0, 0.1) is 0 Å². The number of aromatic nitrogens is 1. The van der Waals surface area contributed by atoms with Crippen LogP contribution in [0.25, 0.3) is 10.9 Å². The van der Waals surface area contributed by atoms with Crippen LogP contribution in [0.1, 0.15) is 23.7 Å². The van der Waals surface area contributed by atoms with Crippen LogP contribution in [0.15, 0.2) is 30.5 Å². The molecule has 0 saturated heterocycles. The highest BCUT2D eigenvalue weighted by Crippen LogP contribution is 2.21. The predicted octanol–water partition coefficient (Wildman–Crippen LogP) is 1.43. The highest BCUT2D eigenvalue weighted by molar-refractivity contribution is 6.06. The molecule has 0 atom stereocenters. The van der Waals surface area contributed by atoms with Crippen molar-refractivity contribution in [2.75, 3.05) is 6.54 Å². The first-order chi connectivity index (χ1) is 9.99. The number of benzene rings is 1. The van der Waals surface area contributed by atoms with E-state index in [1.165, 1.54) is 6.92 Å². The molecule has 6 nitrogen and oxygen atoms in total. The van der Waals surface area contributed by atoms with E-state index in [0.29, 0.717) is 12.1 Å². The number of nitrogens with zero attached hydrogens (tertiary/aromatic N) is 1. The Balaban J connectivity index is 2.14. The average Bonchev–Trinajstić information content (AvgIpc) is 2.82. The molecule has 0 spiro atoms. The highest BCUT2D eigenvalue weighted by atomic mass is 16.4. The number of Topliss-reactive ketones (excluding diaryl/α,β-unsaturated/α-hetero) is 1. The third kappa shape index (κ3) is 3.47. The normalized spacial score (nSPS) is 10.5. The lowest BCUT2D eigenvalue weighted by atomic mass is 10.1. The molecule has 0 radical (unpaired) electrons. The first kappa shape index (κ1) is 14.8. The Bertz CT molecular complexity index is 703. The Morgan fingerprint density at radius 1 is 1.24 bits per heavy atom. The van der Waals surface area contributed by atoms with Crippen LogP contribution >= 0.6 is 0 Å². The van der Waals surface area contributed by atoms with Crippen LogP contribution in [-0.2, 0) is 16.1 Å². The molecule has 1 aromatic carbocycles. The number of carboxylic acids is 1. The van der Waals surface area contributed by atoms with E-state index in [4.69, 9.17) is 5.11 Å². The molecule has 110 valence electrons. The summed E-state index contributed by atoms with van der Waals surface area (Å²) in [5.41, 5.74) is 1.50. The van der Waals surface area contributed by atoms with Crippen LogP contribution in [0.4, 0.5) is 0 Å². The minimum absolute atomic E-state index is 0.0275. The highest BCUT2D eigenvalue weighted by Gasteiger charge is 2.12. The zero-order valence-corrected chi connectivity index (χ0v) is 11.6. The number of fused-ring (bicyclic) bond motifs is 1. The lowest BCUT2D eigenvalue weighted by Crippen LogP contribution is -2.29. The Labute approximate surface area is 121 Å². The Hall–Kier alpha value is -2.63. The maximum absolute atomic E-state index is 11.6. The molecule has 2 rings (SSSR count). The summed E-state index contributed by atoms with van der Waals surface area (Å²) in [4.78, 5) is 33.5. The zero-order chi connectivity index (χ0) is 15.4. The van der Waals surface area contributed by atoms with Crippen LogP contribution in [0.2, 0.25) is 0 Å². The van der Waals surface area contributed by atoms with Crippen molar-refractivity contribution >= 4 is 28.6 Å². The fourth-order valence-electron chi connectivity index (χ4n) is 2.20. The van der Waals surface area contributed by atoms with Crippen molar-refractivity contribution in [3.05, 3.63) is 36.0 Å². The molecular weight excluding hydrogens is 272 g/mol. The van der Waals surface area contributed by atoms with Crippen molar-refractivity contribution in [3.63, 3.8) is 0 Å². The van der Waals surface area contributed by atoms with Crippen molar-refractivity contribution in [2.45, 2.75) is 19.9 Å². The second-order valence-electron chi connectivity index (χ2n) is 4.73. The standard InChI is InChI=1S/C15H16N2O4/c1-10(18)12-9-17(13-5-3-2-4-11(12)13)7-6-14(19)16-8-15(20)21/h2-5,9H,6-8H2,1H3,(H,16,19)(H,20,21). The van der Waals surface area contributed by atoms with Gasteiger partial charge in [-0.1, -0.05) is 18.2 Å². The van der Waals surface area contributed by atoms with Crippen LogP contribution in [0.3, 0.4) is 0 Å².